The van der Waals surface area contributed by atoms with Gasteiger partial charge in [0.15, 0.2) is 0 Å². The molecule has 1 amide bonds. The van der Waals surface area contributed by atoms with Crippen LogP contribution in [0.5, 0.6) is 5.75 Å². The van der Waals surface area contributed by atoms with E-state index in [1.165, 1.54) is 24.3 Å². The highest BCUT2D eigenvalue weighted by Gasteiger charge is 2.18. The second-order valence-corrected chi connectivity index (χ2v) is 7.27. The van der Waals surface area contributed by atoms with E-state index < -0.39 is 0 Å². The van der Waals surface area contributed by atoms with Crippen LogP contribution in [0, 0.1) is 5.82 Å². The number of aromatic hydroxyl groups is 1. The van der Waals surface area contributed by atoms with Gasteiger partial charge < -0.3 is 15.3 Å². The van der Waals surface area contributed by atoms with Crippen molar-refractivity contribution in [3.8, 4) is 5.75 Å². The lowest BCUT2D eigenvalue weighted by Crippen LogP contribution is -2.48. The van der Waals surface area contributed by atoms with E-state index in [0.29, 0.717) is 12.1 Å². The fourth-order valence-electron chi connectivity index (χ4n) is 3.76. The number of nitrogens with one attached hydrogen (secondary N) is 1. The summed E-state index contributed by atoms with van der Waals surface area (Å²) in [4.78, 5) is 16.8. The van der Waals surface area contributed by atoms with E-state index in [1.54, 1.807) is 6.07 Å². The molecule has 0 aliphatic carbocycles. The van der Waals surface area contributed by atoms with Crippen LogP contribution < -0.4 is 10.2 Å². The van der Waals surface area contributed by atoms with Crippen LogP contribution in [0.15, 0.2) is 60.7 Å². The summed E-state index contributed by atoms with van der Waals surface area (Å²) in [5, 5.41) is 14.9. The van der Waals surface area contributed by atoms with Crippen molar-refractivity contribution >= 4 is 22.4 Å². The maximum Gasteiger partial charge on any atom is 0.251 e. The van der Waals surface area contributed by atoms with Crippen molar-refractivity contribution in [2.45, 2.75) is 0 Å². The predicted octanol–water partition coefficient (Wildman–Crippen LogP) is 3.24. The highest BCUT2D eigenvalue weighted by molar-refractivity contribution is 5.95. The first-order chi connectivity index (χ1) is 14.1. The zero-order valence-corrected chi connectivity index (χ0v) is 16.1. The van der Waals surface area contributed by atoms with E-state index in [4.69, 9.17) is 0 Å². The fourth-order valence-corrected chi connectivity index (χ4v) is 3.76. The number of phenols is 1. The minimum Gasteiger partial charge on any atom is -0.508 e. The van der Waals surface area contributed by atoms with Crippen LogP contribution >= 0.6 is 0 Å². The van der Waals surface area contributed by atoms with Gasteiger partial charge in [-0.2, -0.15) is 0 Å². The zero-order chi connectivity index (χ0) is 20.2. The number of benzene rings is 3. The molecule has 1 aliphatic heterocycles. The summed E-state index contributed by atoms with van der Waals surface area (Å²) in [5.74, 6) is -0.250. The molecule has 29 heavy (non-hydrogen) atoms. The van der Waals surface area contributed by atoms with Crippen LogP contribution in [0.25, 0.3) is 10.8 Å². The first-order valence-corrected chi connectivity index (χ1v) is 9.83. The third-order valence-electron chi connectivity index (χ3n) is 5.38. The number of carbonyl (C=O) groups excluding carboxylic acids is 1. The van der Waals surface area contributed by atoms with Gasteiger partial charge in [0.2, 0.25) is 0 Å². The van der Waals surface area contributed by atoms with Gasteiger partial charge in [-0.15, -0.1) is 0 Å². The van der Waals surface area contributed by atoms with E-state index >= 15 is 0 Å². The van der Waals surface area contributed by atoms with Gasteiger partial charge in [0.25, 0.3) is 5.91 Å². The first-order valence-electron chi connectivity index (χ1n) is 9.83. The molecule has 0 aromatic heterocycles. The van der Waals surface area contributed by atoms with Crippen LogP contribution in [0.1, 0.15) is 10.4 Å². The largest absolute Gasteiger partial charge is 0.508 e. The molecule has 0 spiro atoms. The van der Waals surface area contributed by atoms with Crippen molar-refractivity contribution in [1.82, 2.24) is 10.2 Å². The summed E-state index contributed by atoms with van der Waals surface area (Å²) >= 11 is 0. The Labute approximate surface area is 169 Å². The summed E-state index contributed by atoms with van der Waals surface area (Å²) in [7, 11) is 0. The van der Waals surface area contributed by atoms with Crippen LogP contribution in [0.4, 0.5) is 10.1 Å². The van der Waals surface area contributed by atoms with Gasteiger partial charge in [0, 0.05) is 55.9 Å². The van der Waals surface area contributed by atoms with E-state index in [2.05, 4.69) is 27.2 Å². The predicted molar refractivity (Wildman–Crippen MR) is 113 cm³/mol. The Morgan fingerprint density at radius 3 is 2.52 bits per heavy atom. The molecule has 1 fully saturated rings. The van der Waals surface area contributed by atoms with Crippen LogP contribution in [-0.2, 0) is 0 Å². The highest BCUT2D eigenvalue weighted by atomic mass is 19.1. The summed E-state index contributed by atoms with van der Waals surface area (Å²) in [5.41, 5.74) is 1.61. The van der Waals surface area contributed by atoms with Crippen LogP contribution in [-0.4, -0.2) is 55.2 Å². The summed E-state index contributed by atoms with van der Waals surface area (Å²) in [6.07, 6.45) is 0. The zero-order valence-electron chi connectivity index (χ0n) is 16.1. The Kier molecular flexibility index (Phi) is 5.62. The quantitative estimate of drug-likeness (QED) is 0.699. The molecule has 3 aromatic carbocycles. The third kappa shape index (κ3) is 4.49. The molecule has 0 radical (unpaired) electrons. The molecule has 0 unspecified atom stereocenters. The molecule has 1 saturated heterocycles. The molecule has 0 atom stereocenters. The molecule has 0 bridgehead atoms. The number of carbonyl (C=O) groups is 1. The molecule has 3 aromatic rings. The molecule has 1 heterocycles. The average molecular weight is 393 g/mol. The number of hydrogen-bond acceptors (Lipinski definition) is 4. The average Bonchev–Trinajstić information content (AvgIpc) is 2.74. The topological polar surface area (TPSA) is 55.8 Å². The molecule has 4 rings (SSSR count). The van der Waals surface area contributed by atoms with Crippen molar-refractivity contribution in [2.24, 2.45) is 0 Å². The van der Waals surface area contributed by atoms with Crippen molar-refractivity contribution in [3.63, 3.8) is 0 Å². The lowest BCUT2D eigenvalue weighted by atomic mass is 10.1. The molecular formula is C23H24FN3O2. The molecule has 2 N–H and O–H groups in total. The number of rotatable bonds is 5. The monoisotopic (exact) mass is 393 g/mol. The van der Waals surface area contributed by atoms with Gasteiger partial charge in [-0.25, -0.2) is 4.39 Å². The SMILES string of the molecule is O=C(NCCN1CCN(c2cccc3ccc(O)cc23)CC1)c1ccc(F)cc1. The number of amides is 1. The summed E-state index contributed by atoms with van der Waals surface area (Å²) < 4.78 is 13.0. The first kappa shape index (κ1) is 19.2. The van der Waals surface area contributed by atoms with Gasteiger partial charge >= 0.3 is 0 Å². The van der Waals surface area contributed by atoms with Crippen LogP contribution in [0.2, 0.25) is 0 Å². The van der Waals surface area contributed by atoms with Crippen molar-refractivity contribution in [2.75, 3.05) is 44.2 Å². The minimum atomic E-state index is -0.346. The number of anilines is 1. The van der Waals surface area contributed by atoms with Crippen molar-refractivity contribution in [1.29, 1.82) is 0 Å². The van der Waals surface area contributed by atoms with Crippen molar-refractivity contribution in [3.05, 3.63) is 72.0 Å². The number of nitrogens with zero attached hydrogens (tertiary/aromatic N) is 2. The molecule has 5 nitrogen and oxygen atoms in total. The van der Waals surface area contributed by atoms with Gasteiger partial charge in [0.1, 0.15) is 11.6 Å². The Bertz CT molecular complexity index is 999. The second kappa shape index (κ2) is 8.49. The molecular weight excluding hydrogens is 369 g/mol. The normalized spacial score (nSPS) is 14.9. The molecule has 6 heteroatoms. The van der Waals surface area contributed by atoms with E-state index in [1.807, 2.05) is 18.2 Å². The fraction of sp³-hybridized carbons (Fsp3) is 0.261. The standard InChI is InChI=1S/C23H24FN3O2/c24-19-7-4-18(5-8-19)23(29)25-10-11-26-12-14-27(15-13-26)22-3-1-2-17-6-9-20(28)16-21(17)22/h1-9,16,28H,10-15H2,(H,25,29). The summed E-state index contributed by atoms with van der Waals surface area (Å²) in [6, 6.07) is 17.2. The Hall–Kier alpha value is -3.12. The van der Waals surface area contributed by atoms with Crippen LogP contribution in [0.3, 0.4) is 0 Å². The van der Waals surface area contributed by atoms with Crippen molar-refractivity contribution < 1.29 is 14.3 Å². The lowest BCUT2D eigenvalue weighted by Gasteiger charge is -2.36. The number of halogens is 1. The maximum atomic E-state index is 13.0. The van der Waals surface area contributed by atoms with E-state index in [0.717, 1.165) is 49.2 Å². The molecule has 0 saturated carbocycles. The number of piperazine rings is 1. The lowest BCUT2D eigenvalue weighted by molar-refractivity contribution is 0.0947. The van der Waals surface area contributed by atoms with E-state index in [9.17, 15) is 14.3 Å². The Morgan fingerprint density at radius 2 is 1.76 bits per heavy atom. The Balaban J connectivity index is 1.29. The molecule has 1 aliphatic rings. The summed E-state index contributed by atoms with van der Waals surface area (Å²) in [6.45, 7) is 4.92. The van der Waals surface area contributed by atoms with Gasteiger partial charge in [-0.1, -0.05) is 18.2 Å². The maximum absolute atomic E-state index is 13.0. The van der Waals surface area contributed by atoms with E-state index in [-0.39, 0.29) is 17.5 Å². The van der Waals surface area contributed by atoms with Gasteiger partial charge in [-0.3, -0.25) is 9.69 Å². The Morgan fingerprint density at radius 1 is 1.00 bits per heavy atom. The third-order valence-corrected chi connectivity index (χ3v) is 5.38. The highest BCUT2D eigenvalue weighted by Crippen LogP contribution is 2.30. The minimum absolute atomic E-state index is 0.181. The smallest absolute Gasteiger partial charge is 0.251 e. The molecule has 150 valence electrons. The van der Waals surface area contributed by atoms with Gasteiger partial charge in [-0.05, 0) is 47.9 Å². The number of phenolic OH excluding ortho intramolecular Hbond substituents is 1. The second-order valence-electron chi connectivity index (χ2n) is 7.27. The van der Waals surface area contributed by atoms with Gasteiger partial charge in [0.05, 0.1) is 0 Å². The number of fused-ring (bicyclic) bond motifs is 1. The number of hydrogen-bond donors (Lipinski definition) is 2.